The summed E-state index contributed by atoms with van der Waals surface area (Å²) in [5.74, 6) is 2.32. The number of ether oxygens (including phenoxy) is 3. The van der Waals surface area contributed by atoms with Gasteiger partial charge in [-0.3, -0.25) is 0 Å². The van der Waals surface area contributed by atoms with Gasteiger partial charge in [-0.25, -0.2) is 0 Å². The zero-order valence-electron chi connectivity index (χ0n) is 12.5. The largest absolute Gasteiger partial charge is 0.381 e. The molecule has 1 aliphatic heterocycles. The van der Waals surface area contributed by atoms with E-state index in [4.69, 9.17) is 14.2 Å². The summed E-state index contributed by atoms with van der Waals surface area (Å²) in [7, 11) is 3.67. The van der Waals surface area contributed by atoms with Gasteiger partial charge in [0.15, 0.2) is 0 Å². The lowest BCUT2D eigenvalue weighted by Crippen LogP contribution is -2.52. The lowest BCUT2D eigenvalue weighted by Gasteiger charge is -2.52. The van der Waals surface area contributed by atoms with Crippen LogP contribution in [-0.2, 0) is 14.2 Å². The molecule has 0 amide bonds. The first-order valence-electron chi connectivity index (χ1n) is 7.94. The van der Waals surface area contributed by atoms with Crippen molar-refractivity contribution in [2.75, 3.05) is 14.2 Å². The molecular weight excluding hydrogens is 240 g/mol. The number of hydrogen-bond acceptors (Lipinski definition) is 3. The van der Waals surface area contributed by atoms with Crippen LogP contribution in [0.2, 0.25) is 0 Å². The van der Waals surface area contributed by atoms with Crippen molar-refractivity contribution in [3.05, 3.63) is 0 Å². The van der Waals surface area contributed by atoms with Crippen LogP contribution < -0.4 is 0 Å². The summed E-state index contributed by atoms with van der Waals surface area (Å²) in [6.07, 6.45) is 8.82. The molecule has 0 bridgehead atoms. The average molecular weight is 268 g/mol. The molecule has 0 spiro atoms. The third-order valence-electron chi connectivity index (χ3n) is 5.96. The van der Waals surface area contributed by atoms with Crippen LogP contribution in [-0.4, -0.2) is 38.6 Å². The third kappa shape index (κ3) is 2.57. The summed E-state index contributed by atoms with van der Waals surface area (Å²) in [6.45, 7) is 2.46. The van der Waals surface area contributed by atoms with Gasteiger partial charge in [-0.15, -0.1) is 0 Å². The number of rotatable bonds is 2. The smallest absolute Gasteiger partial charge is 0.0634 e. The molecule has 3 aliphatic rings. The second-order valence-corrected chi connectivity index (χ2v) is 6.74. The lowest BCUT2D eigenvalue weighted by molar-refractivity contribution is -0.194. The van der Waals surface area contributed by atoms with E-state index >= 15 is 0 Å². The predicted octanol–water partition coefficient (Wildman–Crippen LogP) is 3.02. The van der Waals surface area contributed by atoms with E-state index in [1.54, 1.807) is 0 Å². The van der Waals surface area contributed by atoms with Gasteiger partial charge in [0.05, 0.1) is 24.4 Å². The molecule has 0 aromatic heterocycles. The fourth-order valence-electron chi connectivity index (χ4n) is 4.72. The van der Waals surface area contributed by atoms with E-state index in [0.29, 0.717) is 24.4 Å². The van der Waals surface area contributed by atoms with Crippen molar-refractivity contribution in [1.82, 2.24) is 0 Å². The molecule has 0 aromatic rings. The Labute approximate surface area is 117 Å². The summed E-state index contributed by atoms with van der Waals surface area (Å²) < 4.78 is 17.6. The zero-order valence-corrected chi connectivity index (χ0v) is 12.5. The highest BCUT2D eigenvalue weighted by Gasteiger charge is 2.47. The van der Waals surface area contributed by atoms with E-state index in [9.17, 15) is 0 Å². The van der Waals surface area contributed by atoms with Gasteiger partial charge in [-0.2, -0.15) is 0 Å². The van der Waals surface area contributed by atoms with Crippen molar-refractivity contribution < 1.29 is 14.2 Å². The Kier molecular flexibility index (Phi) is 4.16. The summed E-state index contributed by atoms with van der Waals surface area (Å²) in [5.41, 5.74) is 0. The first kappa shape index (κ1) is 13.8. The Hall–Kier alpha value is -0.120. The zero-order chi connectivity index (χ0) is 13.4. The molecule has 2 aliphatic carbocycles. The van der Waals surface area contributed by atoms with Crippen molar-refractivity contribution in [2.45, 2.75) is 69.9 Å². The highest BCUT2D eigenvalue weighted by Crippen LogP contribution is 2.47. The molecule has 3 nitrogen and oxygen atoms in total. The van der Waals surface area contributed by atoms with E-state index in [1.165, 1.54) is 25.7 Å². The number of fused-ring (bicyclic) bond motifs is 2. The van der Waals surface area contributed by atoms with Gasteiger partial charge in [-0.05, 0) is 43.4 Å². The number of methoxy groups -OCH3 is 2. The van der Waals surface area contributed by atoms with Crippen molar-refractivity contribution in [2.24, 2.45) is 17.8 Å². The normalized spacial score (nSPS) is 50.4. The second-order valence-electron chi connectivity index (χ2n) is 6.74. The van der Waals surface area contributed by atoms with Crippen LogP contribution in [0.25, 0.3) is 0 Å². The molecule has 3 rings (SSSR count). The van der Waals surface area contributed by atoms with E-state index in [2.05, 4.69) is 6.92 Å². The van der Waals surface area contributed by atoms with E-state index in [0.717, 1.165) is 30.6 Å². The van der Waals surface area contributed by atoms with Gasteiger partial charge in [0, 0.05) is 27.1 Å². The highest BCUT2D eigenvalue weighted by molar-refractivity contribution is 4.96. The van der Waals surface area contributed by atoms with Crippen LogP contribution in [0.1, 0.15) is 45.4 Å². The maximum Gasteiger partial charge on any atom is 0.0634 e. The quantitative estimate of drug-likeness (QED) is 0.770. The van der Waals surface area contributed by atoms with Crippen LogP contribution in [0.4, 0.5) is 0 Å². The number of hydrogen-bond donors (Lipinski definition) is 0. The van der Waals surface area contributed by atoms with Gasteiger partial charge in [-0.1, -0.05) is 6.92 Å². The highest BCUT2D eigenvalue weighted by atomic mass is 16.5. The fraction of sp³-hybridized carbons (Fsp3) is 1.00. The van der Waals surface area contributed by atoms with Gasteiger partial charge >= 0.3 is 0 Å². The molecule has 19 heavy (non-hydrogen) atoms. The van der Waals surface area contributed by atoms with Crippen LogP contribution in [0.5, 0.6) is 0 Å². The van der Waals surface area contributed by atoms with Crippen LogP contribution >= 0.6 is 0 Å². The molecule has 2 saturated carbocycles. The van der Waals surface area contributed by atoms with E-state index in [1.807, 2.05) is 14.2 Å². The van der Waals surface area contributed by atoms with Crippen molar-refractivity contribution in [1.29, 1.82) is 0 Å². The Bertz CT molecular complexity index is 278. The summed E-state index contributed by atoms with van der Waals surface area (Å²) >= 11 is 0. The molecule has 0 N–H and O–H groups in total. The van der Waals surface area contributed by atoms with Gasteiger partial charge in [0.1, 0.15) is 0 Å². The molecule has 3 fully saturated rings. The third-order valence-corrected chi connectivity index (χ3v) is 5.96. The first-order valence-corrected chi connectivity index (χ1v) is 7.94. The topological polar surface area (TPSA) is 27.7 Å². The van der Waals surface area contributed by atoms with Crippen LogP contribution in [0, 0.1) is 17.8 Å². The molecule has 0 aromatic carbocycles. The molecule has 3 heteroatoms. The van der Waals surface area contributed by atoms with Gasteiger partial charge in [0.2, 0.25) is 0 Å². The lowest BCUT2D eigenvalue weighted by atomic mass is 9.65. The molecule has 1 saturated heterocycles. The minimum absolute atomic E-state index is 0.409. The summed E-state index contributed by atoms with van der Waals surface area (Å²) in [4.78, 5) is 0. The van der Waals surface area contributed by atoms with Crippen molar-refractivity contribution in [3.63, 3.8) is 0 Å². The standard InChI is InChI=1S/C16H28O3/c1-10-13-6-4-11(17-2)8-15(13)19-16-9-12(18-3)5-7-14(10)16/h10-16H,4-9H2,1-3H3/t10?,11?,12?,13-,14?,15?,16?/m1/s1. The predicted molar refractivity (Wildman–Crippen MR) is 74.1 cm³/mol. The maximum atomic E-state index is 6.47. The first-order chi connectivity index (χ1) is 9.22. The molecular formula is C16H28O3. The molecule has 110 valence electrons. The minimum atomic E-state index is 0.409. The molecule has 6 unspecified atom stereocenters. The Morgan fingerprint density at radius 3 is 1.68 bits per heavy atom. The van der Waals surface area contributed by atoms with Gasteiger partial charge < -0.3 is 14.2 Å². The van der Waals surface area contributed by atoms with Crippen molar-refractivity contribution in [3.8, 4) is 0 Å². The Morgan fingerprint density at radius 1 is 0.789 bits per heavy atom. The molecule has 1 heterocycles. The van der Waals surface area contributed by atoms with Crippen LogP contribution in [0.15, 0.2) is 0 Å². The molecule has 7 atom stereocenters. The SMILES string of the molecule is COC1CCC2C(C1)OC1CC(OC)CC[C@@H]1C2C. The summed E-state index contributed by atoms with van der Waals surface area (Å²) in [6, 6.07) is 0. The van der Waals surface area contributed by atoms with Gasteiger partial charge in [0.25, 0.3) is 0 Å². The van der Waals surface area contributed by atoms with E-state index in [-0.39, 0.29) is 0 Å². The minimum Gasteiger partial charge on any atom is -0.381 e. The Balaban J connectivity index is 1.69. The Morgan fingerprint density at radius 2 is 1.26 bits per heavy atom. The maximum absolute atomic E-state index is 6.47. The summed E-state index contributed by atoms with van der Waals surface area (Å²) in [5, 5.41) is 0. The molecule has 0 radical (unpaired) electrons. The average Bonchev–Trinajstić information content (AvgIpc) is 2.46. The monoisotopic (exact) mass is 268 g/mol. The fourth-order valence-corrected chi connectivity index (χ4v) is 4.72. The van der Waals surface area contributed by atoms with E-state index < -0.39 is 0 Å². The second kappa shape index (κ2) is 5.71. The van der Waals surface area contributed by atoms with Crippen molar-refractivity contribution >= 4 is 0 Å². The van der Waals surface area contributed by atoms with Crippen LogP contribution in [0.3, 0.4) is 0 Å².